The first-order valence-corrected chi connectivity index (χ1v) is 7.61. The zero-order valence-corrected chi connectivity index (χ0v) is 15.6. The maximum Gasteiger partial charge on any atom is 0.229 e. The molecule has 0 fully saturated rings. The fourth-order valence-electron chi connectivity index (χ4n) is 2.82. The van der Waals surface area contributed by atoms with Crippen LogP contribution in [0.3, 0.4) is 0 Å². The third kappa shape index (κ3) is 3.90. The number of halogens is 1. The Morgan fingerprint density at radius 1 is 1.22 bits per heavy atom. The summed E-state index contributed by atoms with van der Waals surface area (Å²) >= 11 is 0. The van der Waals surface area contributed by atoms with E-state index in [1.54, 1.807) is 14.2 Å². The third-order valence-electron chi connectivity index (χ3n) is 4.21. The molecule has 0 radical (unpaired) electrons. The molecular weight excluding hydrogens is 316 g/mol. The van der Waals surface area contributed by atoms with Crippen LogP contribution in [0.25, 0.3) is 0 Å². The molecule has 0 N–H and O–H groups in total. The Bertz CT molecular complexity index is 561. The quantitative estimate of drug-likeness (QED) is 0.843. The van der Waals surface area contributed by atoms with E-state index in [4.69, 9.17) is 9.47 Å². The van der Waals surface area contributed by atoms with Gasteiger partial charge in [-0.1, -0.05) is 13.8 Å². The van der Waals surface area contributed by atoms with Crippen molar-refractivity contribution in [1.29, 1.82) is 0 Å². The fourth-order valence-corrected chi connectivity index (χ4v) is 2.82. The monoisotopic (exact) mass is 342 g/mol. The second-order valence-corrected chi connectivity index (χ2v) is 6.26. The number of nitrogens with zero attached hydrogens (tertiary/aromatic N) is 2. The van der Waals surface area contributed by atoms with Crippen LogP contribution in [0.15, 0.2) is 12.1 Å². The minimum Gasteiger partial charge on any atom is -0.493 e. The summed E-state index contributed by atoms with van der Waals surface area (Å²) < 4.78 is 10.8. The zero-order chi connectivity index (χ0) is 16.4. The maximum absolute atomic E-state index is 12.6. The minimum atomic E-state index is -0.0399. The van der Waals surface area contributed by atoms with Crippen LogP contribution in [-0.4, -0.2) is 51.7 Å². The minimum absolute atomic E-state index is 0. The molecule has 1 amide bonds. The molecule has 5 nitrogen and oxygen atoms in total. The lowest BCUT2D eigenvalue weighted by molar-refractivity contribution is -0.121. The van der Waals surface area contributed by atoms with E-state index in [1.165, 1.54) is 0 Å². The molecule has 1 aliphatic heterocycles. The highest BCUT2D eigenvalue weighted by molar-refractivity contribution is 5.96. The number of fused-ring (bicyclic) bond motifs is 1. The standard InChI is InChI=1S/C17H26N2O3.ClH/c1-11(2)17(20)19-10-13(18(3)4)7-12-8-15(21-5)16(22-6)9-14(12)19;/h8-9,11,13H,7,10H2,1-6H3;1H. The van der Waals surface area contributed by atoms with Gasteiger partial charge in [0.2, 0.25) is 5.91 Å². The second kappa shape index (κ2) is 7.88. The molecule has 0 saturated heterocycles. The van der Waals surface area contributed by atoms with Gasteiger partial charge in [-0.05, 0) is 32.1 Å². The number of amides is 1. The Morgan fingerprint density at radius 3 is 2.26 bits per heavy atom. The first-order chi connectivity index (χ1) is 10.4. The van der Waals surface area contributed by atoms with Gasteiger partial charge in [-0.3, -0.25) is 4.79 Å². The number of anilines is 1. The largest absolute Gasteiger partial charge is 0.493 e. The highest BCUT2D eigenvalue weighted by Gasteiger charge is 2.31. The molecule has 130 valence electrons. The van der Waals surface area contributed by atoms with Gasteiger partial charge in [0, 0.05) is 24.6 Å². The van der Waals surface area contributed by atoms with Crippen molar-refractivity contribution in [3.8, 4) is 11.5 Å². The van der Waals surface area contributed by atoms with Crippen LogP contribution in [0.2, 0.25) is 0 Å². The van der Waals surface area contributed by atoms with Crippen molar-refractivity contribution >= 4 is 24.0 Å². The van der Waals surface area contributed by atoms with Crippen molar-refractivity contribution in [2.24, 2.45) is 5.92 Å². The molecule has 1 unspecified atom stereocenters. The SMILES string of the molecule is COc1cc2c(cc1OC)N(C(=O)C(C)C)CC(N(C)C)C2.Cl. The Balaban J connectivity index is 0.00000264. The summed E-state index contributed by atoms with van der Waals surface area (Å²) in [5, 5.41) is 0. The first kappa shape index (κ1) is 19.6. The van der Waals surface area contributed by atoms with E-state index in [2.05, 4.69) is 19.0 Å². The van der Waals surface area contributed by atoms with Gasteiger partial charge in [0.15, 0.2) is 11.5 Å². The summed E-state index contributed by atoms with van der Waals surface area (Å²) in [5.41, 5.74) is 2.06. The molecular formula is C17H27ClN2O3. The van der Waals surface area contributed by atoms with Crippen molar-refractivity contribution in [2.45, 2.75) is 26.3 Å². The van der Waals surface area contributed by atoms with Gasteiger partial charge < -0.3 is 19.3 Å². The maximum atomic E-state index is 12.6. The van der Waals surface area contributed by atoms with E-state index < -0.39 is 0 Å². The molecule has 0 spiro atoms. The van der Waals surface area contributed by atoms with Crippen molar-refractivity contribution in [1.82, 2.24) is 4.90 Å². The molecule has 0 aliphatic carbocycles. The summed E-state index contributed by atoms with van der Waals surface area (Å²) in [6, 6.07) is 4.21. The van der Waals surface area contributed by atoms with E-state index in [0.717, 1.165) is 17.7 Å². The number of hydrogen-bond donors (Lipinski definition) is 0. The molecule has 23 heavy (non-hydrogen) atoms. The van der Waals surface area contributed by atoms with Gasteiger partial charge in [0.05, 0.1) is 19.9 Å². The van der Waals surface area contributed by atoms with Gasteiger partial charge in [-0.15, -0.1) is 12.4 Å². The summed E-state index contributed by atoms with van der Waals surface area (Å²) in [6.45, 7) is 4.57. The molecule has 1 aliphatic rings. The van der Waals surface area contributed by atoms with Crippen molar-refractivity contribution in [3.05, 3.63) is 17.7 Å². The average Bonchev–Trinajstić information content (AvgIpc) is 2.51. The van der Waals surface area contributed by atoms with E-state index in [9.17, 15) is 4.79 Å². The lowest BCUT2D eigenvalue weighted by Gasteiger charge is -2.38. The number of ether oxygens (including phenoxy) is 2. The number of benzene rings is 1. The van der Waals surface area contributed by atoms with E-state index in [-0.39, 0.29) is 24.2 Å². The summed E-state index contributed by atoms with van der Waals surface area (Å²) in [6.07, 6.45) is 0.893. The molecule has 1 aromatic carbocycles. The van der Waals surface area contributed by atoms with Crippen LogP contribution in [0.1, 0.15) is 19.4 Å². The summed E-state index contributed by atoms with van der Waals surface area (Å²) in [7, 11) is 7.35. The van der Waals surface area contributed by atoms with Gasteiger partial charge >= 0.3 is 0 Å². The predicted octanol–water partition coefficient (Wildman–Crippen LogP) is 2.60. The Hall–Kier alpha value is -1.46. The van der Waals surface area contributed by atoms with Crippen LogP contribution in [0, 0.1) is 5.92 Å². The average molecular weight is 343 g/mol. The predicted molar refractivity (Wildman–Crippen MR) is 95.2 cm³/mol. The van der Waals surface area contributed by atoms with E-state index >= 15 is 0 Å². The van der Waals surface area contributed by atoms with Crippen molar-refractivity contribution in [3.63, 3.8) is 0 Å². The summed E-state index contributed by atoms with van der Waals surface area (Å²) in [4.78, 5) is 16.7. The molecule has 0 bridgehead atoms. The Labute approximate surface area is 145 Å². The molecule has 0 aromatic heterocycles. The van der Waals surface area contributed by atoms with Crippen LogP contribution in [0.5, 0.6) is 11.5 Å². The van der Waals surface area contributed by atoms with Crippen LogP contribution in [0.4, 0.5) is 5.69 Å². The molecule has 1 heterocycles. The smallest absolute Gasteiger partial charge is 0.229 e. The fraction of sp³-hybridized carbons (Fsp3) is 0.588. The molecule has 0 saturated carbocycles. The molecule has 1 aromatic rings. The van der Waals surface area contributed by atoms with Crippen LogP contribution in [-0.2, 0) is 11.2 Å². The molecule has 6 heteroatoms. The third-order valence-corrected chi connectivity index (χ3v) is 4.21. The lowest BCUT2D eigenvalue weighted by atomic mass is 9.95. The van der Waals surface area contributed by atoms with Crippen LogP contribution >= 0.6 is 12.4 Å². The van der Waals surface area contributed by atoms with Gasteiger partial charge in [0.1, 0.15) is 0 Å². The number of carbonyl (C=O) groups is 1. The highest BCUT2D eigenvalue weighted by Crippen LogP contribution is 2.39. The number of carbonyl (C=O) groups excluding carboxylic acids is 1. The lowest BCUT2D eigenvalue weighted by Crippen LogP contribution is -2.49. The summed E-state index contributed by atoms with van der Waals surface area (Å²) in [5.74, 6) is 1.46. The van der Waals surface area contributed by atoms with Crippen LogP contribution < -0.4 is 14.4 Å². The van der Waals surface area contributed by atoms with E-state index in [1.807, 2.05) is 30.9 Å². The second-order valence-electron chi connectivity index (χ2n) is 6.26. The van der Waals surface area contributed by atoms with Gasteiger partial charge in [-0.2, -0.15) is 0 Å². The normalized spacial score (nSPS) is 16.9. The number of hydrogen-bond acceptors (Lipinski definition) is 4. The van der Waals surface area contributed by atoms with Crippen molar-refractivity contribution < 1.29 is 14.3 Å². The Kier molecular flexibility index (Phi) is 6.71. The topological polar surface area (TPSA) is 42.0 Å². The Morgan fingerprint density at radius 2 is 1.78 bits per heavy atom. The number of methoxy groups -OCH3 is 2. The van der Waals surface area contributed by atoms with Gasteiger partial charge in [-0.25, -0.2) is 0 Å². The first-order valence-electron chi connectivity index (χ1n) is 7.61. The molecule has 1 atom stereocenters. The zero-order valence-electron chi connectivity index (χ0n) is 14.8. The highest BCUT2D eigenvalue weighted by atomic mass is 35.5. The number of rotatable bonds is 4. The number of likely N-dealkylation sites (N-methyl/N-ethyl adjacent to an activating group) is 1. The van der Waals surface area contributed by atoms with E-state index in [0.29, 0.717) is 24.1 Å². The van der Waals surface area contributed by atoms with Crippen molar-refractivity contribution in [2.75, 3.05) is 39.8 Å². The molecule has 2 rings (SSSR count). The van der Waals surface area contributed by atoms with Gasteiger partial charge in [0.25, 0.3) is 0 Å².